The molecule has 0 amide bonds. The molecule has 6 heteroatoms. The fourth-order valence-corrected chi connectivity index (χ4v) is 2.02. The predicted molar refractivity (Wildman–Crippen MR) is 74.1 cm³/mol. The normalized spacial score (nSPS) is 14.9. The molecule has 3 rings (SSSR count). The highest BCUT2D eigenvalue weighted by molar-refractivity contribution is 9.10. The largest absolute Gasteiger partial charge is 0.339 e. The van der Waals surface area contributed by atoms with Gasteiger partial charge in [0.15, 0.2) is 5.82 Å². The first-order valence-electron chi connectivity index (χ1n) is 5.59. The van der Waals surface area contributed by atoms with Gasteiger partial charge in [0.25, 0.3) is 0 Å². The Hall–Kier alpha value is -0.910. The van der Waals surface area contributed by atoms with Gasteiger partial charge in [0.05, 0.1) is 5.92 Å². The molecule has 96 valence electrons. The molecule has 2 aromatic rings. The molecule has 4 nitrogen and oxygen atoms in total. The topological polar surface area (TPSA) is 51.0 Å². The lowest BCUT2D eigenvalue weighted by Crippen LogP contribution is -2.40. The zero-order valence-electron chi connectivity index (χ0n) is 9.60. The van der Waals surface area contributed by atoms with E-state index < -0.39 is 0 Å². The van der Waals surface area contributed by atoms with Crippen molar-refractivity contribution in [1.82, 2.24) is 15.5 Å². The number of hydrogen-bond donors (Lipinski definition) is 1. The van der Waals surface area contributed by atoms with Crippen LogP contribution in [0.2, 0.25) is 0 Å². The lowest BCUT2D eigenvalue weighted by atomic mass is 10.0. The molecule has 18 heavy (non-hydrogen) atoms. The fourth-order valence-electron chi connectivity index (χ4n) is 1.75. The number of halogens is 2. The maximum absolute atomic E-state index is 5.25. The summed E-state index contributed by atoms with van der Waals surface area (Å²) in [6, 6.07) is 8.16. The molecule has 1 aromatic heterocycles. The summed E-state index contributed by atoms with van der Waals surface area (Å²) >= 11 is 3.41. The summed E-state index contributed by atoms with van der Waals surface area (Å²) < 4.78 is 6.33. The molecule has 1 aromatic carbocycles. The molecule has 0 spiro atoms. The molecule has 1 aliphatic rings. The molecular formula is C12H13BrClN3O. The highest BCUT2D eigenvalue weighted by atomic mass is 79.9. The van der Waals surface area contributed by atoms with Crippen molar-refractivity contribution in [3.05, 3.63) is 46.0 Å². The number of benzene rings is 1. The Morgan fingerprint density at radius 3 is 2.61 bits per heavy atom. The van der Waals surface area contributed by atoms with E-state index in [2.05, 4.69) is 43.5 Å². The van der Waals surface area contributed by atoms with Gasteiger partial charge in [-0.3, -0.25) is 0 Å². The summed E-state index contributed by atoms with van der Waals surface area (Å²) in [6.45, 7) is 1.89. The Kier molecular flexibility index (Phi) is 4.37. The Balaban J connectivity index is 0.00000120. The smallest absolute Gasteiger partial charge is 0.232 e. The molecule has 0 saturated carbocycles. The van der Waals surface area contributed by atoms with E-state index in [1.807, 2.05) is 12.1 Å². The standard InChI is InChI=1S/C12H12BrN3O.ClH/c13-10-3-1-8(2-4-10)5-11-15-12(17-16-11)9-6-14-7-9;/h1-4,9,14H,5-7H2;1H. The van der Waals surface area contributed by atoms with Crippen LogP contribution in [0.1, 0.15) is 23.2 Å². The van der Waals surface area contributed by atoms with E-state index in [4.69, 9.17) is 4.52 Å². The quantitative estimate of drug-likeness (QED) is 0.939. The fraction of sp³-hybridized carbons (Fsp3) is 0.333. The average molecular weight is 331 g/mol. The molecule has 1 saturated heterocycles. The third-order valence-electron chi connectivity index (χ3n) is 2.89. The Labute approximate surface area is 120 Å². The van der Waals surface area contributed by atoms with E-state index in [1.54, 1.807) is 0 Å². The molecular weight excluding hydrogens is 318 g/mol. The minimum absolute atomic E-state index is 0. The second-order valence-electron chi connectivity index (χ2n) is 4.21. The maximum atomic E-state index is 5.25. The first-order chi connectivity index (χ1) is 8.31. The maximum Gasteiger partial charge on any atom is 0.232 e. The minimum Gasteiger partial charge on any atom is -0.339 e. The van der Waals surface area contributed by atoms with E-state index in [0.717, 1.165) is 35.7 Å². The highest BCUT2D eigenvalue weighted by Crippen LogP contribution is 2.18. The number of rotatable bonds is 3. The third-order valence-corrected chi connectivity index (χ3v) is 3.42. The molecule has 1 aliphatic heterocycles. The molecule has 0 atom stereocenters. The number of aromatic nitrogens is 2. The monoisotopic (exact) mass is 329 g/mol. The Morgan fingerprint density at radius 1 is 1.28 bits per heavy atom. The zero-order chi connectivity index (χ0) is 11.7. The lowest BCUT2D eigenvalue weighted by Gasteiger charge is -2.22. The van der Waals surface area contributed by atoms with Crippen LogP contribution in [0.25, 0.3) is 0 Å². The van der Waals surface area contributed by atoms with E-state index in [0.29, 0.717) is 5.92 Å². The van der Waals surface area contributed by atoms with Crippen LogP contribution < -0.4 is 5.32 Å². The van der Waals surface area contributed by atoms with E-state index >= 15 is 0 Å². The van der Waals surface area contributed by atoms with Gasteiger partial charge in [-0.15, -0.1) is 12.4 Å². The molecule has 2 heterocycles. The van der Waals surface area contributed by atoms with Crippen LogP contribution in [0.4, 0.5) is 0 Å². The van der Waals surface area contributed by atoms with Crippen LogP contribution in [-0.4, -0.2) is 23.2 Å². The van der Waals surface area contributed by atoms with Crippen molar-refractivity contribution in [2.45, 2.75) is 12.3 Å². The highest BCUT2D eigenvalue weighted by Gasteiger charge is 2.24. The molecule has 0 radical (unpaired) electrons. The van der Waals surface area contributed by atoms with Gasteiger partial charge in [-0.05, 0) is 17.7 Å². The van der Waals surface area contributed by atoms with Crippen LogP contribution in [0.15, 0.2) is 33.3 Å². The van der Waals surface area contributed by atoms with Crippen molar-refractivity contribution in [3.63, 3.8) is 0 Å². The van der Waals surface area contributed by atoms with Gasteiger partial charge >= 0.3 is 0 Å². The Bertz CT molecular complexity index is 510. The van der Waals surface area contributed by atoms with Crippen LogP contribution >= 0.6 is 28.3 Å². The van der Waals surface area contributed by atoms with Gasteiger partial charge in [-0.1, -0.05) is 33.2 Å². The van der Waals surface area contributed by atoms with Gasteiger partial charge in [-0.25, -0.2) is 0 Å². The van der Waals surface area contributed by atoms with Gasteiger partial charge in [0, 0.05) is 24.0 Å². The van der Waals surface area contributed by atoms with Crippen molar-refractivity contribution in [2.75, 3.05) is 13.1 Å². The summed E-state index contributed by atoms with van der Waals surface area (Å²) in [7, 11) is 0. The predicted octanol–water partition coefficient (Wildman–Crippen LogP) is 2.53. The van der Waals surface area contributed by atoms with Crippen LogP contribution in [-0.2, 0) is 6.42 Å². The van der Waals surface area contributed by atoms with Gasteiger partial charge in [0.1, 0.15) is 0 Å². The molecule has 0 aliphatic carbocycles. The first-order valence-corrected chi connectivity index (χ1v) is 6.38. The van der Waals surface area contributed by atoms with Crippen molar-refractivity contribution in [1.29, 1.82) is 0 Å². The minimum atomic E-state index is 0. The summed E-state index contributed by atoms with van der Waals surface area (Å²) in [5.74, 6) is 1.92. The van der Waals surface area contributed by atoms with Gasteiger partial charge in [-0.2, -0.15) is 4.98 Å². The van der Waals surface area contributed by atoms with E-state index in [1.165, 1.54) is 5.56 Å². The molecule has 0 unspecified atom stereocenters. The van der Waals surface area contributed by atoms with Crippen molar-refractivity contribution >= 4 is 28.3 Å². The SMILES string of the molecule is Brc1ccc(Cc2noc(C3CNC3)n2)cc1.Cl. The second kappa shape index (κ2) is 5.82. The number of nitrogens with one attached hydrogen (secondary N) is 1. The molecule has 0 bridgehead atoms. The third kappa shape index (κ3) is 2.91. The van der Waals surface area contributed by atoms with Gasteiger partial charge in [0.2, 0.25) is 5.89 Å². The first kappa shape index (κ1) is 13.5. The van der Waals surface area contributed by atoms with Crippen molar-refractivity contribution in [3.8, 4) is 0 Å². The molecule has 1 fully saturated rings. The second-order valence-corrected chi connectivity index (χ2v) is 5.12. The van der Waals surface area contributed by atoms with Crippen molar-refractivity contribution in [2.24, 2.45) is 0 Å². The van der Waals surface area contributed by atoms with Crippen LogP contribution in [0.5, 0.6) is 0 Å². The van der Waals surface area contributed by atoms with E-state index in [9.17, 15) is 0 Å². The van der Waals surface area contributed by atoms with Crippen LogP contribution in [0.3, 0.4) is 0 Å². The lowest BCUT2D eigenvalue weighted by molar-refractivity contribution is 0.306. The summed E-state index contributed by atoms with van der Waals surface area (Å²) in [6.07, 6.45) is 0.719. The number of nitrogens with zero attached hydrogens (tertiary/aromatic N) is 2. The summed E-state index contributed by atoms with van der Waals surface area (Å²) in [4.78, 5) is 4.42. The summed E-state index contributed by atoms with van der Waals surface area (Å²) in [5.41, 5.74) is 1.19. The summed E-state index contributed by atoms with van der Waals surface area (Å²) in [5, 5.41) is 7.20. The van der Waals surface area contributed by atoms with Crippen molar-refractivity contribution < 1.29 is 4.52 Å². The zero-order valence-corrected chi connectivity index (χ0v) is 12.0. The van der Waals surface area contributed by atoms with Crippen LogP contribution in [0, 0.1) is 0 Å². The number of hydrogen-bond acceptors (Lipinski definition) is 4. The Morgan fingerprint density at radius 2 is 2.00 bits per heavy atom. The average Bonchev–Trinajstić information content (AvgIpc) is 2.67. The van der Waals surface area contributed by atoms with Gasteiger partial charge < -0.3 is 9.84 Å². The molecule has 1 N–H and O–H groups in total. The van der Waals surface area contributed by atoms with E-state index in [-0.39, 0.29) is 12.4 Å².